The number of hydrogen-bond donors (Lipinski definition) is 1. The molecular weight excluding hydrogens is 354 g/mol. The predicted octanol–water partition coefficient (Wildman–Crippen LogP) is 3.88. The molecule has 124 valence electrons. The standard InChI is InChI=1S/C18H13N3O2S2/c1-11-14(12-6-3-2-4-7-12)15-17(25-11)19-10-21(18(15)23)20-16(22)13-8-5-9-24-13/h2-10H,1H3,(H,20,22). The van der Waals surface area contributed by atoms with Crippen molar-refractivity contribution in [3.63, 3.8) is 0 Å². The minimum Gasteiger partial charge on any atom is -0.267 e. The summed E-state index contributed by atoms with van der Waals surface area (Å²) in [7, 11) is 0. The van der Waals surface area contributed by atoms with E-state index in [1.807, 2.05) is 42.6 Å². The summed E-state index contributed by atoms with van der Waals surface area (Å²) in [4.78, 5) is 31.8. The van der Waals surface area contributed by atoms with Gasteiger partial charge in [-0.05, 0) is 23.9 Å². The van der Waals surface area contributed by atoms with Gasteiger partial charge >= 0.3 is 0 Å². The van der Waals surface area contributed by atoms with Gasteiger partial charge in [0.1, 0.15) is 11.2 Å². The fourth-order valence-electron chi connectivity index (χ4n) is 2.71. The van der Waals surface area contributed by atoms with Gasteiger partial charge in [0.15, 0.2) is 0 Å². The van der Waals surface area contributed by atoms with Gasteiger partial charge < -0.3 is 0 Å². The smallest absolute Gasteiger partial charge is 0.267 e. The van der Waals surface area contributed by atoms with E-state index < -0.39 is 0 Å². The highest BCUT2D eigenvalue weighted by Crippen LogP contribution is 2.35. The second kappa shape index (κ2) is 6.27. The van der Waals surface area contributed by atoms with Crippen LogP contribution >= 0.6 is 22.7 Å². The molecule has 0 bridgehead atoms. The molecule has 0 aliphatic rings. The SMILES string of the molecule is Cc1sc2ncn(NC(=O)c3cccs3)c(=O)c2c1-c1ccccc1. The number of aryl methyl sites for hydroxylation is 1. The van der Waals surface area contributed by atoms with E-state index in [4.69, 9.17) is 0 Å². The van der Waals surface area contributed by atoms with Gasteiger partial charge in [-0.2, -0.15) is 0 Å². The average molecular weight is 367 g/mol. The number of hydrogen-bond acceptors (Lipinski definition) is 5. The third-order valence-corrected chi connectivity index (χ3v) is 5.70. The van der Waals surface area contributed by atoms with Gasteiger partial charge in [-0.3, -0.25) is 15.0 Å². The molecule has 0 radical (unpaired) electrons. The van der Waals surface area contributed by atoms with Crippen molar-refractivity contribution in [2.45, 2.75) is 6.92 Å². The minimum atomic E-state index is -0.327. The Morgan fingerprint density at radius 1 is 1.16 bits per heavy atom. The molecule has 0 saturated heterocycles. The van der Waals surface area contributed by atoms with Crippen LogP contribution in [-0.4, -0.2) is 15.6 Å². The van der Waals surface area contributed by atoms with Crippen LogP contribution in [-0.2, 0) is 0 Å². The zero-order chi connectivity index (χ0) is 17.4. The van der Waals surface area contributed by atoms with Crippen molar-refractivity contribution in [1.82, 2.24) is 9.66 Å². The van der Waals surface area contributed by atoms with Crippen LogP contribution in [0, 0.1) is 6.92 Å². The summed E-state index contributed by atoms with van der Waals surface area (Å²) in [6.45, 7) is 1.97. The second-order valence-corrected chi connectivity index (χ2v) is 7.57. The quantitative estimate of drug-likeness (QED) is 0.598. The Morgan fingerprint density at radius 3 is 2.68 bits per heavy atom. The number of rotatable bonds is 3. The fraction of sp³-hybridized carbons (Fsp3) is 0.0556. The molecule has 3 aromatic heterocycles. The predicted molar refractivity (Wildman–Crippen MR) is 102 cm³/mol. The summed E-state index contributed by atoms with van der Waals surface area (Å²) < 4.78 is 1.16. The van der Waals surface area contributed by atoms with Crippen LogP contribution in [0.2, 0.25) is 0 Å². The number of amides is 1. The number of thiophene rings is 2. The topological polar surface area (TPSA) is 64.0 Å². The number of nitrogens with zero attached hydrogens (tertiary/aromatic N) is 2. The van der Waals surface area contributed by atoms with E-state index >= 15 is 0 Å². The van der Waals surface area contributed by atoms with Crippen molar-refractivity contribution in [1.29, 1.82) is 0 Å². The van der Waals surface area contributed by atoms with Crippen molar-refractivity contribution in [3.8, 4) is 11.1 Å². The van der Waals surface area contributed by atoms with Crippen LogP contribution in [0.1, 0.15) is 14.5 Å². The first-order chi connectivity index (χ1) is 12.1. The van der Waals surface area contributed by atoms with Gasteiger partial charge in [0.05, 0.1) is 10.3 Å². The van der Waals surface area contributed by atoms with Crippen LogP contribution in [0.5, 0.6) is 0 Å². The molecule has 1 N–H and O–H groups in total. The van der Waals surface area contributed by atoms with E-state index in [9.17, 15) is 9.59 Å². The fourth-order valence-corrected chi connectivity index (χ4v) is 4.32. The van der Waals surface area contributed by atoms with E-state index in [1.54, 1.807) is 12.1 Å². The summed E-state index contributed by atoms with van der Waals surface area (Å²) in [5, 5.41) is 2.34. The van der Waals surface area contributed by atoms with Crippen LogP contribution in [0.4, 0.5) is 0 Å². The van der Waals surface area contributed by atoms with E-state index in [-0.39, 0.29) is 11.5 Å². The van der Waals surface area contributed by atoms with Gasteiger partial charge in [0.25, 0.3) is 11.5 Å². The summed E-state index contributed by atoms with van der Waals surface area (Å²) in [6, 6.07) is 13.2. The highest BCUT2D eigenvalue weighted by Gasteiger charge is 2.17. The lowest BCUT2D eigenvalue weighted by Gasteiger charge is -2.07. The van der Waals surface area contributed by atoms with Gasteiger partial charge in [0, 0.05) is 10.4 Å². The molecule has 1 aromatic carbocycles. The molecule has 0 spiro atoms. The van der Waals surface area contributed by atoms with Crippen molar-refractivity contribution in [3.05, 3.63) is 74.3 Å². The minimum absolute atomic E-state index is 0.280. The maximum atomic E-state index is 13.0. The van der Waals surface area contributed by atoms with Crippen molar-refractivity contribution in [2.75, 3.05) is 5.43 Å². The van der Waals surface area contributed by atoms with Crippen molar-refractivity contribution < 1.29 is 4.79 Å². The molecule has 3 heterocycles. The van der Waals surface area contributed by atoms with Crippen molar-refractivity contribution in [2.24, 2.45) is 0 Å². The molecule has 1 amide bonds. The van der Waals surface area contributed by atoms with E-state index in [0.29, 0.717) is 15.1 Å². The zero-order valence-electron chi connectivity index (χ0n) is 13.2. The number of aromatic nitrogens is 2. The van der Waals surface area contributed by atoms with Gasteiger partial charge in [-0.25, -0.2) is 9.66 Å². The number of nitrogens with one attached hydrogen (secondary N) is 1. The van der Waals surface area contributed by atoms with Crippen LogP contribution in [0.15, 0.2) is 59.0 Å². The number of fused-ring (bicyclic) bond motifs is 1. The van der Waals surface area contributed by atoms with Gasteiger partial charge in [0.2, 0.25) is 0 Å². The first kappa shape index (κ1) is 15.7. The molecule has 7 heteroatoms. The summed E-state index contributed by atoms with van der Waals surface area (Å²) in [5.74, 6) is -0.327. The molecule has 25 heavy (non-hydrogen) atoms. The normalized spacial score (nSPS) is 10.9. The molecule has 0 saturated carbocycles. The van der Waals surface area contributed by atoms with Crippen LogP contribution in [0.3, 0.4) is 0 Å². The van der Waals surface area contributed by atoms with Crippen molar-refractivity contribution >= 4 is 38.8 Å². The number of carbonyl (C=O) groups is 1. The summed E-state index contributed by atoms with van der Waals surface area (Å²) in [6.07, 6.45) is 1.36. The molecule has 0 aliphatic carbocycles. The monoisotopic (exact) mass is 367 g/mol. The Morgan fingerprint density at radius 2 is 1.96 bits per heavy atom. The lowest BCUT2D eigenvalue weighted by Crippen LogP contribution is -2.32. The molecule has 4 rings (SSSR count). The second-order valence-electron chi connectivity index (χ2n) is 5.42. The average Bonchev–Trinajstić information content (AvgIpc) is 3.26. The third kappa shape index (κ3) is 2.77. The largest absolute Gasteiger partial charge is 0.281 e. The Bertz CT molecular complexity index is 1110. The number of benzene rings is 1. The molecular formula is C18H13N3O2S2. The number of carbonyl (C=O) groups excluding carboxylic acids is 1. The summed E-state index contributed by atoms with van der Waals surface area (Å²) in [5.41, 5.74) is 4.17. The van der Waals surface area contributed by atoms with Crippen LogP contribution in [0.25, 0.3) is 21.3 Å². The molecule has 0 fully saturated rings. The van der Waals surface area contributed by atoms with E-state index in [2.05, 4.69) is 10.4 Å². The Labute approximate surface area is 151 Å². The lowest BCUT2D eigenvalue weighted by atomic mass is 10.0. The molecule has 5 nitrogen and oxygen atoms in total. The van der Waals surface area contributed by atoms with E-state index in [1.165, 1.54) is 29.0 Å². The maximum absolute atomic E-state index is 13.0. The Kier molecular flexibility index (Phi) is 3.95. The first-order valence-electron chi connectivity index (χ1n) is 7.56. The highest BCUT2D eigenvalue weighted by atomic mass is 32.1. The molecule has 4 aromatic rings. The Balaban J connectivity index is 1.85. The third-order valence-electron chi connectivity index (χ3n) is 3.82. The maximum Gasteiger partial charge on any atom is 0.281 e. The molecule has 0 aliphatic heterocycles. The summed E-state index contributed by atoms with van der Waals surface area (Å²) >= 11 is 2.80. The van der Waals surface area contributed by atoms with Gasteiger partial charge in [-0.1, -0.05) is 36.4 Å². The van der Waals surface area contributed by atoms with Crippen LogP contribution < -0.4 is 11.0 Å². The first-order valence-corrected chi connectivity index (χ1v) is 9.26. The molecule has 0 unspecified atom stereocenters. The molecule has 0 atom stereocenters. The Hall–Kier alpha value is -2.77. The zero-order valence-corrected chi connectivity index (χ0v) is 14.9. The lowest BCUT2D eigenvalue weighted by molar-refractivity contribution is 0.101. The van der Waals surface area contributed by atoms with Gasteiger partial charge in [-0.15, -0.1) is 22.7 Å². The highest BCUT2D eigenvalue weighted by molar-refractivity contribution is 7.19. The van der Waals surface area contributed by atoms with E-state index in [0.717, 1.165) is 20.7 Å².